The zero-order valence-corrected chi connectivity index (χ0v) is 18.5. The molecule has 4 rings (SSSR count). The van der Waals surface area contributed by atoms with Crippen molar-refractivity contribution in [1.29, 1.82) is 0 Å². The minimum absolute atomic E-state index is 0.0404. The number of piperidine rings is 1. The first-order chi connectivity index (χ1) is 15.0. The summed E-state index contributed by atoms with van der Waals surface area (Å²) in [7, 11) is 1.64. The predicted octanol–water partition coefficient (Wildman–Crippen LogP) is 5.31. The molecule has 0 radical (unpaired) electrons. The molecule has 1 N–H and O–H groups in total. The summed E-state index contributed by atoms with van der Waals surface area (Å²) in [4.78, 5) is 14.8. The van der Waals surface area contributed by atoms with Gasteiger partial charge in [0, 0.05) is 29.6 Å². The van der Waals surface area contributed by atoms with Crippen LogP contribution < -0.4 is 15.0 Å². The smallest absolute Gasteiger partial charge is 0.227 e. The van der Waals surface area contributed by atoms with Crippen LogP contribution in [-0.4, -0.2) is 36.3 Å². The Balaban J connectivity index is 1.37. The first kappa shape index (κ1) is 21.4. The van der Waals surface area contributed by atoms with Gasteiger partial charge in [0.15, 0.2) is 5.82 Å². The van der Waals surface area contributed by atoms with E-state index in [4.69, 9.17) is 27.9 Å². The molecule has 1 aliphatic rings. The highest BCUT2D eigenvalue weighted by atomic mass is 35.5. The standard InChI is InChI=1S/C23H22Cl2N4O2/c1-31-21-5-3-2-4-17(21)19-8-9-22(28-27-19)29-12-10-15(11-13-29)23(30)26-20-14-16(24)6-7-18(20)25/h2-9,14-15H,10-13H2,1H3,(H,26,30). The van der Waals surface area contributed by atoms with Gasteiger partial charge >= 0.3 is 0 Å². The van der Waals surface area contributed by atoms with E-state index in [1.165, 1.54) is 0 Å². The number of para-hydroxylation sites is 1. The van der Waals surface area contributed by atoms with E-state index in [1.54, 1.807) is 25.3 Å². The topological polar surface area (TPSA) is 67.3 Å². The van der Waals surface area contributed by atoms with Crippen molar-refractivity contribution >= 4 is 40.6 Å². The van der Waals surface area contributed by atoms with Crippen molar-refractivity contribution in [1.82, 2.24) is 10.2 Å². The molecule has 31 heavy (non-hydrogen) atoms. The van der Waals surface area contributed by atoms with E-state index in [1.807, 2.05) is 36.4 Å². The minimum atomic E-state index is -0.0906. The Morgan fingerprint density at radius 1 is 1.06 bits per heavy atom. The lowest BCUT2D eigenvalue weighted by Gasteiger charge is -2.31. The second-order valence-corrected chi connectivity index (χ2v) is 8.20. The number of amides is 1. The van der Waals surface area contributed by atoms with Gasteiger partial charge < -0.3 is 15.0 Å². The van der Waals surface area contributed by atoms with Gasteiger partial charge in [0.1, 0.15) is 5.75 Å². The molecule has 0 spiro atoms. The number of methoxy groups -OCH3 is 1. The van der Waals surface area contributed by atoms with Gasteiger partial charge in [-0.2, -0.15) is 0 Å². The fraction of sp³-hybridized carbons (Fsp3) is 0.261. The number of ether oxygens (including phenoxy) is 1. The van der Waals surface area contributed by atoms with Crippen molar-refractivity contribution in [2.45, 2.75) is 12.8 Å². The first-order valence-electron chi connectivity index (χ1n) is 10.0. The van der Waals surface area contributed by atoms with Gasteiger partial charge in [-0.05, 0) is 55.3 Å². The third-order valence-electron chi connectivity index (χ3n) is 5.41. The SMILES string of the molecule is COc1ccccc1-c1ccc(N2CCC(C(=O)Nc3cc(Cl)ccc3Cl)CC2)nn1. The molecule has 0 bridgehead atoms. The molecule has 1 aliphatic heterocycles. The van der Waals surface area contributed by atoms with Crippen LogP contribution >= 0.6 is 23.2 Å². The Kier molecular flexibility index (Phi) is 6.59. The highest BCUT2D eigenvalue weighted by molar-refractivity contribution is 6.35. The molecule has 0 atom stereocenters. The largest absolute Gasteiger partial charge is 0.496 e. The zero-order chi connectivity index (χ0) is 21.8. The van der Waals surface area contributed by atoms with E-state index in [9.17, 15) is 4.79 Å². The van der Waals surface area contributed by atoms with Crippen LogP contribution in [0.1, 0.15) is 12.8 Å². The minimum Gasteiger partial charge on any atom is -0.496 e. The summed E-state index contributed by atoms with van der Waals surface area (Å²) >= 11 is 12.2. The van der Waals surface area contributed by atoms with Gasteiger partial charge in [-0.1, -0.05) is 35.3 Å². The van der Waals surface area contributed by atoms with Gasteiger partial charge in [0.2, 0.25) is 5.91 Å². The van der Waals surface area contributed by atoms with Crippen LogP contribution in [0, 0.1) is 5.92 Å². The Labute approximate surface area is 191 Å². The molecule has 8 heteroatoms. The maximum Gasteiger partial charge on any atom is 0.227 e. The summed E-state index contributed by atoms with van der Waals surface area (Å²) in [5.41, 5.74) is 2.20. The summed E-state index contributed by atoms with van der Waals surface area (Å²) in [5, 5.41) is 12.7. The summed E-state index contributed by atoms with van der Waals surface area (Å²) in [6, 6.07) is 16.7. The van der Waals surface area contributed by atoms with E-state index in [0.717, 1.165) is 48.8 Å². The highest BCUT2D eigenvalue weighted by Gasteiger charge is 2.26. The molecule has 2 aromatic carbocycles. The van der Waals surface area contributed by atoms with Crippen molar-refractivity contribution < 1.29 is 9.53 Å². The molecule has 0 unspecified atom stereocenters. The highest BCUT2D eigenvalue weighted by Crippen LogP contribution is 2.30. The molecule has 0 aliphatic carbocycles. The maximum absolute atomic E-state index is 12.7. The molecule has 1 amide bonds. The van der Waals surface area contributed by atoms with Crippen LogP contribution in [0.25, 0.3) is 11.3 Å². The second kappa shape index (κ2) is 9.54. The van der Waals surface area contributed by atoms with E-state index >= 15 is 0 Å². The normalized spacial score (nSPS) is 14.4. The van der Waals surface area contributed by atoms with Crippen LogP contribution in [0.2, 0.25) is 10.0 Å². The maximum atomic E-state index is 12.7. The first-order valence-corrected chi connectivity index (χ1v) is 10.8. The number of nitrogens with zero attached hydrogens (tertiary/aromatic N) is 3. The number of aromatic nitrogens is 2. The van der Waals surface area contributed by atoms with Crippen LogP contribution in [0.15, 0.2) is 54.6 Å². The molecule has 3 aromatic rings. The van der Waals surface area contributed by atoms with Gasteiger partial charge in [-0.25, -0.2) is 0 Å². The summed E-state index contributed by atoms with van der Waals surface area (Å²) in [5.74, 6) is 1.43. The van der Waals surface area contributed by atoms with E-state index in [-0.39, 0.29) is 11.8 Å². The van der Waals surface area contributed by atoms with Crippen LogP contribution in [0.5, 0.6) is 5.75 Å². The zero-order valence-electron chi connectivity index (χ0n) is 17.0. The van der Waals surface area contributed by atoms with E-state index in [0.29, 0.717) is 15.7 Å². The number of hydrogen-bond acceptors (Lipinski definition) is 5. The molecule has 2 heterocycles. The lowest BCUT2D eigenvalue weighted by atomic mass is 9.95. The number of benzene rings is 2. The fourth-order valence-electron chi connectivity index (χ4n) is 3.69. The van der Waals surface area contributed by atoms with Crippen molar-refractivity contribution in [3.63, 3.8) is 0 Å². The van der Waals surface area contributed by atoms with Gasteiger partial charge in [-0.15, -0.1) is 10.2 Å². The number of anilines is 2. The number of rotatable bonds is 5. The lowest BCUT2D eigenvalue weighted by Crippen LogP contribution is -2.38. The van der Waals surface area contributed by atoms with E-state index in [2.05, 4.69) is 20.4 Å². The summed E-state index contributed by atoms with van der Waals surface area (Å²) in [6.45, 7) is 1.45. The average Bonchev–Trinajstić information content (AvgIpc) is 2.81. The number of hydrogen-bond donors (Lipinski definition) is 1. The van der Waals surface area contributed by atoms with Crippen LogP contribution in [0.4, 0.5) is 11.5 Å². The molecular formula is C23H22Cl2N4O2. The van der Waals surface area contributed by atoms with Crippen molar-refractivity contribution in [3.05, 3.63) is 64.6 Å². The quantitative estimate of drug-likeness (QED) is 0.562. The predicted molar refractivity (Wildman–Crippen MR) is 124 cm³/mol. The molecule has 1 saturated heterocycles. The Morgan fingerprint density at radius 2 is 1.84 bits per heavy atom. The van der Waals surface area contributed by atoms with Gasteiger partial charge in [0.25, 0.3) is 0 Å². The van der Waals surface area contributed by atoms with E-state index < -0.39 is 0 Å². The van der Waals surface area contributed by atoms with Crippen molar-refractivity contribution in [2.24, 2.45) is 5.92 Å². The van der Waals surface area contributed by atoms with Crippen LogP contribution in [-0.2, 0) is 4.79 Å². The van der Waals surface area contributed by atoms with Gasteiger partial charge in [0.05, 0.1) is 23.5 Å². The van der Waals surface area contributed by atoms with Crippen molar-refractivity contribution in [3.8, 4) is 17.0 Å². The Morgan fingerprint density at radius 3 is 2.55 bits per heavy atom. The molecule has 6 nitrogen and oxygen atoms in total. The number of halogens is 2. The molecule has 1 aromatic heterocycles. The summed E-state index contributed by atoms with van der Waals surface area (Å²) < 4.78 is 5.41. The third kappa shape index (κ3) is 4.92. The lowest BCUT2D eigenvalue weighted by molar-refractivity contribution is -0.120. The average molecular weight is 457 g/mol. The molecule has 1 fully saturated rings. The van der Waals surface area contributed by atoms with Crippen LogP contribution in [0.3, 0.4) is 0 Å². The Hall–Kier alpha value is -2.83. The fourth-order valence-corrected chi connectivity index (χ4v) is 4.03. The third-order valence-corrected chi connectivity index (χ3v) is 5.97. The second-order valence-electron chi connectivity index (χ2n) is 7.35. The van der Waals surface area contributed by atoms with Crippen molar-refractivity contribution in [2.75, 3.05) is 30.4 Å². The monoisotopic (exact) mass is 456 g/mol. The number of carbonyl (C=O) groups is 1. The van der Waals surface area contributed by atoms with Gasteiger partial charge in [-0.3, -0.25) is 4.79 Å². The summed E-state index contributed by atoms with van der Waals surface area (Å²) in [6.07, 6.45) is 1.44. The molecule has 160 valence electrons. The number of carbonyl (C=O) groups excluding carboxylic acids is 1. The molecular weight excluding hydrogens is 435 g/mol. The molecule has 0 saturated carbocycles. The number of nitrogens with one attached hydrogen (secondary N) is 1. The Bertz CT molecular complexity index is 1070.